The lowest BCUT2D eigenvalue weighted by Crippen LogP contribution is -2.47. The van der Waals surface area contributed by atoms with Gasteiger partial charge in [-0.25, -0.2) is 0 Å². The van der Waals surface area contributed by atoms with Crippen molar-refractivity contribution >= 4 is 0 Å². The summed E-state index contributed by atoms with van der Waals surface area (Å²) >= 11 is 0. The van der Waals surface area contributed by atoms with Crippen LogP contribution in [0.5, 0.6) is 0 Å². The number of nitrogens with zero attached hydrogens (tertiary/aromatic N) is 1. The Kier molecular flexibility index (Phi) is 3.74. The van der Waals surface area contributed by atoms with E-state index >= 15 is 0 Å². The minimum absolute atomic E-state index is 0.255. The highest BCUT2D eigenvalue weighted by Crippen LogP contribution is 2.29. The van der Waals surface area contributed by atoms with Crippen molar-refractivity contribution in [2.24, 2.45) is 5.92 Å². The summed E-state index contributed by atoms with van der Waals surface area (Å²) in [6, 6.07) is 0. The summed E-state index contributed by atoms with van der Waals surface area (Å²) in [6.45, 7) is 10.4. The fraction of sp³-hybridized carbons (Fsp3) is 1.00. The van der Waals surface area contributed by atoms with Crippen LogP contribution in [0.3, 0.4) is 0 Å². The van der Waals surface area contributed by atoms with Crippen LogP contribution < -0.4 is 5.32 Å². The first-order chi connectivity index (χ1) is 6.07. The molecule has 13 heavy (non-hydrogen) atoms. The van der Waals surface area contributed by atoms with Crippen LogP contribution in [0.2, 0.25) is 0 Å². The molecule has 0 amide bonds. The molecule has 2 nitrogen and oxygen atoms in total. The minimum atomic E-state index is 0.255. The molecule has 0 bridgehead atoms. The molecule has 0 saturated heterocycles. The van der Waals surface area contributed by atoms with Crippen LogP contribution in [-0.2, 0) is 0 Å². The average molecular weight is 184 g/mol. The molecule has 2 heteroatoms. The Balaban J connectivity index is 2.28. The van der Waals surface area contributed by atoms with Gasteiger partial charge in [-0.2, -0.15) is 0 Å². The van der Waals surface area contributed by atoms with Gasteiger partial charge < -0.3 is 10.2 Å². The number of likely N-dealkylation sites (N-methyl/N-ethyl adjacent to an activating group) is 2. The van der Waals surface area contributed by atoms with Crippen molar-refractivity contribution in [1.82, 2.24) is 10.2 Å². The number of rotatable bonds is 6. The predicted octanol–water partition coefficient (Wildman–Crippen LogP) is 1.72. The molecule has 0 aliphatic heterocycles. The lowest BCUT2D eigenvalue weighted by atomic mass is 10.1. The fourth-order valence-corrected chi connectivity index (χ4v) is 1.61. The van der Waals surface area contributed by atoms with E-state index in [2.05, 4.69) is 31.0 Å². The highest BCUT2D eigenvalue weighted by atomic mass is 15.2. The average Bonchev–Trinajstić information content (AvgIpc) is 2.87. The van der Waals surface area contributed by atoms with Crippen molar-refractivity contribution in [2.45, 2.75) is 39.2 Å². The first kappa shape index (κ1) is 11.0. The third kappa shape index (κ3) is 4.10. The van der Waals surface area contributed by atoms with Crippen LogP contribution >= 0.6 is 0 Å². The fourth-order valence-electron chi connectivity index (χ4n) is 1.61. The number of nitrogens with one attached hydrogen (secondary N) is 1. The normalized spacial score (nSPS) is 18.2. The molecule has 1 N–H and O–H groups in total. The van der Waals surface area contributed by atoms with Gasteiger partial charge in [0, 0.05) is 18.6 Å². The Bertz CT molecular complexity index is 150. The smallest absolute Gasteiger partial charge is 0.0249 e. The molecule has 78 valence electrons. The zero-order chi connectivity index (χ0) is 9.90. The Morgan fingerprint density at radius 1 is 1.38 bits per heavy atom. The zero-order valence-electron chi connectivity index (χ0n) is 9.56. The number of hydrogen-bond donors (Lipinski definition) is 1. The monoisotopic (exact) mass is 184 g/mol. The topological polar surface area (TPSA) is 15.3 Å². The second-order valence-electron chi connectivity index (χ2n) is 4.90. The largest absolute Gasteiger partial charge is 0.314 e. The third-order valence-electron chi connectivity index (χ3n) is 2.96. The van der Waals surface area contributed by atoms with Gasteiger partial charge in [-0.05, 0) is 46.2 Å². The van der Waals surface area contributed by atoms with E-state index in [1.807, 2.05) is 7.05 Å². The van der Waals surface area contributed by atoms with E-state index in [4.69, 9.17) is 0 Å². The second-order valence-corrected chi connectivity index (χ2v) is 4.90. The lowest BCUT2D eigenvalue weighted by Gasteiger charge is -2.31. The summed E-state index contributed by atoms with van der Waals surface area (Å²) in [5.41, 5.74) is 0.255. The highest BCUT2D eigenvalue weighted by Gasteiger charge is 2.26. The molecule has 0 radical (unpaired) electrons. The SMILES string of the molecule is CCN(CC1CC1)CC(C)(C)NC. The summed E-state index contributed by atoms with van der Waals surface area (Å²) < 4.78 is 0. The summed E-state index contributed by atoms with van der Waals surface area (Å²) in [5, 5.41) is 3.36. The van der Waals surface area contributed by atoms with Gasteiger partial charge in [0.25, 0.3) is 0 Å². The van der Waals surface area contributed by atoms with Crippen LogP contribution in [0.1, 0.15) is 33.6 Å². The molecule has 0 unspecified atom stereocenters. The Morgan fingerprint density at radius 2 is 2.00 bits per heavy atom. The van der Waals surface area contributed by atoms with Crippen LogP contribution in [-0.4, -0.2) is 37.1 Å². The molecule has 1 saturated carbocycles. The van der Waals surface area contributed by atoms with Crippen LogP contribution in [0, 0.1) is 5.92 Å². The lowest BCUT2D eigenvalue weighted by molar-refractivity contribution is 0.208. The van der Waals surface area contributed by atoms with Crippen molar-refractivity contribution in [3.8, 4) is 0 Å². The van der Waals surface area contributed by atoms with Gasteiger partial charge in [0.1, 0.15) is 0 Å². The van der Waals surface area contributed by atoms with Gasteiger partial charge >= 0.3 is 0 Å². The van der Waals surface area contributed by atoms with Gasteiger partial charge in [0.2, 0.25) is 0 Å². The molecule has 1 aliphatic carbocycles. The van der Waals surface area contributed by atoms with E-state index in [1.165, 1.54) is 25.9 Å². The maximum absolute atomic E-state index is 3.36. The molecule has 1 fully saturated rings. The van der Waals surface area contributed by atoms with Crippen LogP contribution in [0.25, 0.3) is 0 Å². The standard InChI is InChI=1S/C11H24N2/c1-5-13(8-10-6-7-10)9-11(2,3)12-4/h10,12H,5-9H2,1-4H3. The third-order valence-corrected chi connectivity index (χ3v) is 2.96. The van der Waals surface area contributed by atoms with Crippen molar-refractivity contribution in [1.29, 1.82) is 0 Å². The molecule has 0 atom stereocenters. The van der Waals surface area contributed by atoms with Crippen LogP contribution in [0.15, 0.2) is 0 Å². The van der Waals surface area contributed by atoms with E-state index in [1.54, 1.807) is 0 Å². The minimum Gasteiger partial charge on any atom is -0.314 e. The van der Waals surface area contributed by atoms with Crippen molar-refractivity contribution in [3.05, 3.63) is 0 Å². The summed E-state index contributed by atoms with van der Waals surface area (Å²) in [5.74, 6) is 1.01. The molecule has 0 aromatic heterocycles. The van der Waals surface area contributed by atoms with E-state index in [-0.39, 0.29) is 5.54 Å². The Labute approximate surface area is 82.7 Å². The maximum atomic E-state index is 3.36. The quantitative estimate of drug-likeness (QED) is 0.676. The maximum Gasteiger partial charge on any atom is 0.0249 e. The summed E-state index contributed by atoms with van der Waals surface area (Å²) in [6.07, 6.45) is 2.91. The predicted molar refractivity (Wildman–Crippen MR) is 58.0 cm³/mol. The first-order valence-corrected chi connectivity index (χ1v) is 5.48. The molecular weight excluding hydrogens is 160 g/mol. The van der Waals surface area contributed by atoms with E-state index < -0.39 is 0 Å². The van der Waals surface area contributed by atoms with Crippen molar-refractivity contribution in [3.63, 3.8) is 0 Å². The van der Waals surface area contributed by atoms with Crippen molar-refractivity contribution in [2.75, 3.05) is 26.7 Å². The van der Waals surface area contributed by atoms with Gasteiger partial charge in [0.05, 0.1) is 0 Å². The summed E-state index contributed by atoms with van der Waals surface area (Å²) in [7, 11) is 2.05. The molecule has 0 aromatic rings. The highest BCUT2D eigenvalue weighted by molar-refractivity contribution is 4.83. The van der Waals surface area contributed by atoms with Gasteiger partial charge in [-0.1, -0.05) is 6.92 Å². The van der Waals surface area contributed by atoms with Gasteiger partial charge in [-0.15, -0.1) is 0 Å². The zero-order valence-corrected chi connectivity index (χ0v) is 9.56. The second kappa shape index (κ2) is 4.43. The molecule has 0 spiro atoms. The van der Waals surface area contributed by atoms with E-state index in [0.29, 0.717) is 0 Å². The number of hydrogen-bond acceptors (Lipinski definition) is 2. The molecular formula is C11H24N2. The molecule has 1 rings (SSSR count). The Hall–Kier alpha value is -0.0800. The van der Waals surface area contributed by atoms with E-state index in [0.717, 1.165) is 12.5 Å². The molecule has 0 aromatic carbocycles. The van der Waals surface area contributed by atoms with Gasteiger partial charge in [-0.3, -0.25) is 0 Å². The Morgan fingerprint density at radius 3 is 2.38 bits per heavy atom. The van der Waals surface area contributed by atoms with Gasteiger partial charge in [0.15, 0.2) is 0 Å². The first-order valence-electron chi connectivity index (χ1n) is 5.48. The molecule has 1 aliphatic rings. The van der Waals surface area contributed by atoms with Crippen molar-refractivity contribution < 1.29 is 0 Å². The molecule has 0 heterocycles. The van der Waals surface area contributed by atoms with E-state index in [9.17, 15) is 0 Å². The summed E-state index contributed by atoms with van der Waals surface area (Å²) in [4.78, 5) is 2.56. The van der Waals surface area contributed by atoms with Crippen LogP contribution in [0.4, 0.5) is 0 Å².